The molecule has 0 aliphatic heterocycles. The number of aromatic nitrogens is 4. The molecule has 2 aromatic heterocycles. The molecule has 0 aliphatic rings. The number of anilines is 1. The second-order valence-corrected chi connectivity index (χ2v) is 5.27. The van der Waals surface area contributed by atoms with Crippen LogP contribution in [-0.4, -0.2) is 32.2 Å². The Morgan fingerprint density at radius 3 is 2.71 bits per heavy atom. The average Bonchev–Trinajstić information content (AvgIpc) is 2.88. The molecule has 118 valence electrons. The molecule has 9 heteroatoms. The van der Waals surface area contributed by atoms with Gasteiger partial charge in [-0.05, 0) is 13.8 Å². The highest BCUT2D eigenvalue weighted by atomic mass is 35.5. The van der Waals surface area contributed by atoms with Crippen LogP contribution in [0.15, 0.2) is 17.3 Å². The number of nitrogens with one attached hydrogen (secondary N) is 3. The summed E-state index contributed by atoms with van der Waals surface area (Å²) in [4.78, 5) is 25.6. The lowest BCUT2D eigenvalue weighted by molar-refractivity contribution is 1.000. The minimum absolute atomic E-state index is 0. The summed E-state index contributed by atoms with van der Waals surface area (Å²) in [5.74, 6) is 2.33. The Balaban J connectivity index is 0.00000200. The molecule has 0 atom stereocenters. The average molecular weight is 352 g/mol. The molecular formula is C12H19Cl2N5OS. The summed E-state index contributed by atoms with van der Waals surface area (Å²) in [5, 5.41) is 3.12. The maximum Gasteiger partial charge on any atom is 0.255 e. The van der Waals surface area contributed by atoms with E-state index in [1.54, 1.807) is 25.0 Å². The van der Waals surface area contributed by atoms with E-state index in [1.165, 1.54) is 0 Å². The molecule has 21 heavy (non-hydrogen) atoms. The second-order valence-electron chi connectivity index (χ2n) is 4.16. The lowest BCUT2D eigenvalue weighted by Crippen LogP contribution is -2.18. The summed E-state index contributed by atoms with van der Waals surface area (Å²) in [7, 11) is 0. The van der Waals surface area contributed by atoms with Crippen LogP contribution >= 0.6 is 36.6 Å². The zero-order valence-electron chi connectivity index (χ0n) is 11.8. The fraction of sp³-hybridized carbons (Fsp3) is 0.417. The molecule has 2 aromatic rings. The summed E-state index contributed by atoms with van der Waals surface area (Å²) >= 11 is 1.78. The van der Waals surface area contributed by atoms with Crippen LogP contribution in [0.3, 0.4) is 0 Å². The van der Waals surface area contributed by atoms with Crippen LogP contribution in [0.5, 0.6) is 0 Å². The van der Waals surface area contributed by atoms with Crippen molar-refractivity contribution in [2.45, 2.75) is 19.6 Å². The summed E-state index contributed by atoms with van der Waals surface area (Å²) in [6.45, 7) is 4.35. The van der Waals surface area contributed by atoms with Gasteiger partial charge in [-0.25, -0.2) is 9.97 Å². The van der Waals surface area contributed by atoms with E-state index in [0.29, 0.717) is 11.5 Å². The number of nitrogens with zero attached hydrogens (tertiary/aromatic N) is 2. The van der Waals surface area contributed by atoms with Gasteiger partial charge < -0.3 is 10.3 Å². The van der Waals surface area contributed by atoms with Crippen LogP contribution in [0.2, 0.25) is 0 Å². The molecule has 0 fully saturated rings. The van der Waals surface area contributed by atoms with Gasteiger partial charge in [-0.15, -0.1) is 24.8 Å². The Hall–Kier alpha value is -1.18. The van der Waals surface area contributed by atoms with Crippen LogP contribution < -0.4 is 10.9 Å². The van der Waals surface area contributed by atoms with Crippen molar-refractivity contribution in [1.82, 2.24) is 19.9 Å². The second kappa shape index (κ2) is 9.70. The molecule has 0 saturated heterocycles. The summed E-state index contributed by atoms with van der Waals surface area (Å²) in [6.07, 6.45) is 3.57. The van der Waals surface area contributed by atoms with Crippen molar-refractivity contribution in [2.75, 3.05) is 17.6 Å². The molecule has 0 spiro atoms. The fourth-order valence-corrected chi connectivity index (χ4v) is 2.27. The third-order valence-electron chi connectivity index (χ3n) is 2.74. The Kier molecular flexibility index (Phi) is 9.16. The predicted molar refractivity (Wildman–Crippen MR) is 92.1 cm³/mol. The van der Waals surface area contributed by atoms with Gasteiger partial charge in [0.25, 0.3) is 5.56 Å². The Labute approximate surface area is 139 Å². The first-order chi connectivity index (χ1) is 9.16. The zero-order valence-corrected chi connectivity index (χ0v) is 14.3. The summed E-state index contributed by atoms with van der Waals surface area (Å²) in [6, 6.07) is 0. The number of aryl methyl sites for hydroxylation is 1. The highest BCUT2D eigenvalue weighted by Crippen LogP contribution is 2.08. The molecule has 0 amide bonds. The zero-order chi connectivity index (χ0) is 13.7. The highest BCUT2D eigenvalue weighted by Gasteiger charge is 2.02. The van der Waals surface area contributed by atoms with Gasteiger partial charge in [0.05, 0.1) is 12.0 Å². The van der Waals surface area contributed by atoms with Crippen LogP contribution in [0.4, 0.5) is 5.95 Å². The molecule has 6 nitrogen and oxygen atoms in total. The molecule has 0 bridgehead atoms. The lowest BCUT2D eigenvalue weighted by Gasteiger charge is -2.06. The predicted octanol–water partition coefficient (Wildman–Crippen LogP) is 2.30. The van der Waals surface area contributed by atoms with Crippen molar-refractivity contribution in [3.8, 4) is 0 Å². The molecule has 0 aliphatic carbocycles. The minimum atomic E-state index is -0.0841. The van der Waals surface area contributed by atoms with E-state index in [9.17, 15) is 4.79 Å². The first-order valence-corrected chi connectivity index (χ1v) is 7.19. The largest absolute Gasteiger partial charge is 0.355 e. The molecule has 0 radical (unpaired) electrons. The van der Waals surface area contributed by atoms with Gasteiger partial charge in [-0.2, -0.15) is 11.8 Å². The third-order valence-corrected chi connectivity index (χ3v) is 3.73. The van der Waals surface area contributed by atoms with Crippen molar-refractivity contribution in [2.24, 2.45) is 0 Å². The molecule has 3 N–H and O–H groups in total. The van der Waals surface area contributed by atoms with E-state index in [2.05, 4.69) is 25.3 Å². The van der Waals surface area contributed by atoms with Gasteiger partial charge in [-0.1, -0.05) is 0 Å². The quantitative estimate of drug-likeness (QED) is 0.695. The topological polar surface area (TPSA) is 86.5 Å². The maximum atomic E-state index is 11.6. The van der Waals surface area contributed by atoms with E-state index in [0.717, 1.165) is 29.4 Å². The van der Waals surface area contributed by atoms with Crippen LogP contribution in [0.1, 0.15) is 17.0 Å². The number of aromatic amines is 2. The SMILES string of the molecule is Cc1nc(NCCSCc2c[nH]cn2)[nH]c(=O)c1C.Cl.Cl. The number of rotatable bonds is 6. The van der Waals surface area contributed by atoms with Gasteiger partial charge in [0, 0.05) is 35.5 Å². The monoisotopic (exact) mass is 351 g/mol. The van der Waals surface area contributed by atoms with Gasteiger partial charge in [0.1, 0.15) is 0 Å². The molecule has 0 aromatic carbocycles. The van der Waals surface area contributed by atoms with E-state index < -0.39 is 0 Å². The molecule has 0 saturated carbocycles. The molecular weight excluding hydrogens is 333 g/mol. The van der Waals surface area contributed by atoms with Crippen molar-refractivity contribution in [3.05, 3.63) is 39.8 Å². The van der Waals surface area contributed by atoms with Crippen molar-refractivity contribution < 1.29 is 0 Å². The number of halogens is 2. The number of hydrogen-bond acceptors (Lipinski definition) is 5. The van der Waals surface area contributed by atoms with E-state index in [1.807, 2.05) is 13.1 Å². The molecule has 2 heterocycles. The van der Waals surface area contributed by atoms with Crippen LogP contribution in [-0.2, 0) is 5.75 Å². The van der Waals surface area contributed by atoms with Gasteiger partial charge in [0.15, 0.2) is 0 Å². The van der Waals surface area contributed by atoms with Gasteiger partial charge in [0.2, 0.25) is 5.95 Å². The van der Waals surface area contributed by atoms with Crippen molar-refractivity contribution in [3.63, 3.8) is 0 Å². The number of H-pyrrole nitrogens is 2. The van der Waals surface area contributed by atoms with Crippen LogP contribution in [0.25, 0.3) is 0 Å². The Bertz CT molecular complexity index is 588. The smallest absolute Gasteiger partial charge is 0.255 e. The maximum absolute atomic E-state index is 11.6. The first-order valence-electron chi connectivity index (χ1n) is 6.03. The summed E-state index contributed by atoms with van der Waals surface area (Å²) in [5.41, 5.74) is 2.38. The van der Waals surface area contributed by atoms with Gasteiger partial charge in [-0.3, -0.25) is 9.78 Å². The Morgan fingerprint density at radius 2 is 2.10 bits per heavy atom. The van der Waals surface area contributed by atoms with E-state index >= 15 is 0 Å². The van der Waals surface area contributed by atoms with E-state index in [4.69, 9.17) is 0 Å². The number of thioether (sulfide) groups is 1. The number of hydrogen-bond donors (Lipinski definition) is 3. The third kappa shape index (κ3) is 5.99. The Morgan fingerprint density at radius 1 is 1.33 bits per heavy atom. The normalized spacial score (nSPS) is 9.62. The molecule has 0 unspecified atom stereocenters. The van der Waals surface area contributed by atoms with Crippen molar-refractivity contribution in [1.29, 1.82) is 0 Å². The minimum Gasteiger partial charge on any atom is -0.355 e. The number of imidazole rings is 1. The van der Waals surface area contributed by atoms with Gasteiger partial charge >= 0.3 is 0 Å². The highest BCUT2D eigenvalue weighted by molar-refractivity contribution is 7.98. The van der Waals surface area contributed by atoms with Crippen molar-refractivity contribution >= 4 is 42.5 Å². The lowest BCUT2D eigenvalue weighted by atomic mass is 10.3. The fourth-order valence-electron chi connectivity index (χ4n) is 1.52. The summed E-state index contributed by atoms with van der Waals surface area (Å²) < 4.78 is 0. The first kappa shape index (κ1) is 19.8. The van der Waals surface area contributed by atoms with E-state index in [-0.39, 0.29) is 30.4 Å². The molecule has 2 rings (SSSR count). The van der Waals surface area contributed by atoms with Crippen LogP contribution in [0, 0.1) is 13.8 Å². The standard InChI is InChI=1S/C12H17N5OS.2ClH/c1-8-9(2)16-12(17-11(8)18)14-3-4-19-6-10-5-13-7-15-10;;/h5,7H,3-4,6H2,1-2H3,(H,13,15)(H2,14,16,17,18);2*1H.